The van der Waals surface area contributed by atoms with E-state index in [2.05, 4.69) is 55.0 Å². The van der Waals surface area contributed by atoms with Gasteiger partial charge in [-0.2, -0.15) is 28.7 Å². The first kappa shape index (κ1) is 86.3. The summed E-state index contributed by atoms with van der Waals surface area (Å²) in [5, 5.41) is 30.1. The van der Waals surface area contributed by atoms with Crippen LogP contribution in [0.25, 0.3) is 67.9 Å². The standard InChI is InChI=1S/C26H25F2N5O2.C21H15F2N5O.C21H14F2N4O2.C5H13NO.HNO2.Na.H2O4S/c1-32(2)11-4-12-35-24-9-10-29-26(30-24)19-6-3-5-18(13-19)17-33-25(34)8-7-23(31-33)20-14-21(27)16-22(28)15-20;22-16-7-15(8-17(23)9-16)19-4-5-20(29)28(27-19)12-13-2-1-3-14(6-13)21-25-10-18(24)11-26-21;22-16-9-15(10-17(23)11-16)18-4-5-20(29)27(26-18)12-13-2-1-3-14(8-13)21-24-7-6-19(28)25-21;1-6(2)4-3-5-7;2-1-3;;1-5(2,3)4/h3,5-10,13-16H,4,11-12,17H2,1-2H3;1-11H,12,24H2;1-11H,12H2,(H,24,25,28);7H,3-5H2,1-2H3;(H,2,3);;(H2,1,2,3,4)/q;;;;;+1;/p-1. The van der Waals surface area contributed by atoms with Crippen LogP contribution in [0.4, 0.5) is 32.0 Å². The van der Waals surface area contributed by atoms with Crippen LogP contribution >= 0.6 is 0 Å². The van der Waals surface area contributed by atoms with Gasteiger partial charge in [-0.15, -0.1) is 5.34 Å². The van der Waals surface area contributed by atoms with Gasteiger partial charge in [0.05, 0.1) is 61.4 Å². The molecular formula is C73H69F6N16NaO12S. The number of ether oxygens (including phenoxy) is 1. The number of benzene rings is 6. The molecule has 0 saturated heterocycles. The van der Waals surface area contributed by atoms with Crippen molar-refractivity contribution in [2.75, 3.05) is 60.2 Å². The predicted molar refractivity (Wildman–Crippen MR) is 391 cm³/mol. The van der Waals surface area contributed by atoms with Crippen molar-refractivity contribution in [3.05, 3.63) is 304 Å². The molecule has 0 aliphatic carbocycles. The van der Waals surface area contributed by atoms with Gasteiger partial charge in [-0.25, -0.2) is 60.3 Å². The molecule has 0 bridgehead atoms. The molecule has 12 rings (SSSR count). The summed E-state index contributed by atoms with van der Waals surface area (Å²) in [5.41, 5.74) is 10.9. The molecule has 0 amide bonds. The molecule has 28 nitrogen and oxygen atoms in total. The average molecular weight is 1530 g/mol. The van der Waals surface area contributed by atoms with Crippen LogP contribution < -0.4 is 62.3 Å². The fourth-order valence-electron chi connectivity index (χ4n) is 9.72. The maximum atomic E-state index is 13.6. The molecule has 0 aliphatic rings. The van der Waals surface area contributed by atoms with E-state index < -0.39 is 45.3 Å². The molecule has 562 valence electrons. The minimum absolute atomic E-state index is 0. The molecule has 0 radical (unpaired) electrons. The van der Waals surface area contributed by atoms with E-state index in [1.54, 1.807) is 36.5 Å². The van der Waals surface area contributed by atoms with Crippen LogP contribution in [0.1, 0.15) is 29.5 Å². The smallest absolute Gasteiger partial charge is 0.478 e. The van der Waals surface area contributed by atoms with Gasteiger partial charge in [0.25, 0.3) is 22.2 Å². The predicted octanol–water partition coefficient (Wildman–Crippen LogP) is 6.82. The first-order valence-corrected chi connectivity index (χ1v) is 33.5. The Morgan fingerprint density at radius 2 is 0.872 bits per heavy atom. The number of aliphatic hydroxyl groups excluding tert-OH is 1. The fraction of sp³-hybridized carbons (Fsp3) is 0.178. The van der Waals surface area contributed by atoms with E-state index in [-0.39, 0.29) is 93.8 Å². The van der Waals surface area contributed by atoms with Crippen LogP contribution in [-0.4, -0.2) is 146 Å². The van der Waals surface area contributed by atoms with Crippen molar-refractivity contribution in [2.45, 2.75) is 32.5 Å². The zero-order valence-corrected chi connectivity index (χ0v) is 61.8. The monoisotopic (exact) mass is 1530 g/mol. The van der Waals surface area contributed by atoms with Crippen molar-refractivity contribution in [1.29, 1.82) is 0 Å². The zero-order chi connectivity index (χ0) is 78.5. The fourth-order valence-corrected chi connectivity index (χ4v) is 9.72. The van der Waals surface area contributed by atoms with Gasteiger partial charge < -0.3 is 40.5 Å². The van der Waals surface area contributed by atoms with E-state index in [1.807, 2.05) is 76.7 Å². The van der Waals surface area contributed by atoms with Crippen molar-refractivity contribution >= 4 is 16.1 Å². The normalized spacial score (nSPS) is 10.6. The zero-order valence-electron chi connectivity index (χ0n) is 58.9. The third-order valence-electron chi connectivity index (χ3n) is 14.4. The number of nitrogens with zero attached hydrogens (tertiary/aromatic N) is 14. The second-order valence-electron chi connectivity index (χ2n) is 23.5. The third-order valence-corrected chi connectivity index (χ3v) is 14.4. The summed E-state index contributed by atoms with van der Waals surface area (Å²) in [6, 6.07) is 42.5. The molecule has 0 unspecified atom stereocenters. The van der Waals surface area contributed by atoms with E-state index in [1.165, 1.54) is 99.4 Å². The summed E-state index contributed by atoms with van der Waals surface area (Å²) < 4.78 is 122. The summed E-state index contributed by atoms with van der Waals surface area (Å²) in [7, 11) is 3.35. The number of nitrogens with one attached hydrogen (secondary N) is 1. The van der Waals surface area contributed by atoms with Crippen LogP contribution in [0.15, 0.2) is 225 Å². The average Bonchev–Trinajstić information content (AvgIpc) is 0.922. The van der Waals surface area contributed by atoms with Crippen molar-refractivity contribution in [3.8, 4) is 73.8 Å². The minimum Gasteiger partial charge on any atom is -0.478 e. The van der Waals surface area contributed by atoms with Gasteiger partial charge in [0.2, 0.25) is 5.88 Å². The van der Waals surface area contributed by atoms with Gasteiger partial charge >= 0.3 is 40.0 Å². The van der Waals surface area contributed by atoms with Gasteiger partial charge in [0.15, 0.2) is 11.6 Å². The first-order valence-electron chi connectivity index (χ1n) is 32.1. The Bertz CT molecular complexity index is 5310. The SMILES string of the molecule is CN(C)CCCO.CN(C)CCCOc1ccnc(-c2cccc(Cn3nc(-c4cc(F)cc(F)c4)ccc3=O)c2)n1.Nc1cnc(-c2cccc(Cn3nc(-c4cc(F)cc(F)c4)ccc3=O)c2)nc1.O=N[O-].O=S(=O)(O)O.O=c1ccnc(-c2cccc(Cn3nc(-c4cc(F)cc(F)c4)ccc3=O)c2)[nH]1.[Na+]. The maximum absolute atomic E-state index is 13.6. The maximum Gasteiger partial charge on any atom is 1.00 e. The molecular weight excluding hydrogens is 1460 g/mol. The molecule has 6 aromatic heterocycles. The molecule has 6 N–H and O–H groups in total. The third kappa shape index (κ3) is 29.5. The molecule has 36 heteroatoms. The Morgan fingerprint density at radius 1 is 0.505 bits per heavy atom. The number of nitrogen functional groups attached to an aromatic ring is 1. The van der Waals surface area contributed by atoms with Crippen LogP contribution in [0.5, 0.6) is 5.88 Å². The topological polar surface area (TPSA) is 391 Å². The Kier molecular flexibility index (Phi) is 33.7. The van der Waals surface area contributed by atoms with Crippen LogP contribution in [0.2, 0.25) is 0 Å². The Balaban J connectivity index is 0.000000233. The number of nitrogens with two attached hydrogens (primary N) is 1. The summed E-state index contributed by atoms with van der Waals surface area (Å²) >= 11 is 0. The Labute approximate surface area is 640 Å². The molecule has 0 fully saturated rings. The molecule has 0 aliphatic heterocycles. The van der Waals surface area contributed by atoms with Crippen molar-refractivity contribution in [3.63, 3.8) is 0 Å². The van der Waals surface area contributed by atoms with E-state index in [9.17, 15) is 45.5 Å². The molecule has 0 atom stereocenters. The number of halogens is 6. The molecule has 6 aromatic carbocycles. The van der Waals surface area contributed by atoms with Crippen molar-refractivity contribution in [2.24, 2.45) is 5.34 Å². The van der Waals surface area contributed by atoms with Crippen molar-refractivity contribution < 1.29 is 83.3 Å². The number of aromatic amines is 1. The first-order chi connectivity index (χ1) is 51.5. The molecule has 12 aromatic rings. The summed E-state index contributed by atoms with van der Waals surface area (Å²) in [5.74, 6) is -2.39. The Hall–Kier alpha value is -11.7. The van der Waals surface area contributed by atoms with E-state index in [4.69, 9.17) is 43.2 Å². The number of anilines is 1. The van der Waals surface area contributed by atoms with Gasteiger partial charge in [-0.3, -0.25) is 28.3 Å². The number of aromatic nitrogens is 12. The number of hydrogen-bond donors (Lipinski definition) is 5. The van der Waals surface area contributed by atoms with Gasteiger partial charge in [-0.05, 0) is 137 Å². The van der Waals surface area contributed by atoms with E-state index in [0.29, 0.717) is 59.2 Å². The molecule has 0 saturated carbocycles. The van der Waals surface area contributed by atoms with E-state index in [0.717, 1.165) is 89.4 Å². The van der Waals surface area contributed by atoms with E-state index >= 15 is 0 Å². The minimum atomic E-state index is -4.67. The molecule has 109 heavy (non-hydrogen) atoms. The summed E-state index contributed by atoms with van der Waals surface area (Å²) in [4.78, 5) is 84.5. The van der Waals surface area contributed by atoms with Crippen molar-refractivity contribution in [1.82, 2.24) is 69.0 Å². The van der Waals surface area contributed by atoms with Crippen LogP contribution in [0, 0.1) is 45.0 Å². The van der Waals surface area contributed by atoms with Gasteiger partial charge in [0.1, 0.15) is 40.7 Å². The number of H-pyrrole nitrogens is 1. The number of rotatable bonds is 20. The van der Waals surface area contributed by atoms with Gasteiger partial charge in [0, 0.05) is 107 Å². The Morgan fingerprint density at radius 3 is 1.25 bits per heavy atom. The molecule has 0 spiro atoms. The largest absolute Gasteiger partial charge is 1.00 e. The van der Waals surface area contributed by atoms with Crippen LogP contribution in [0.3, 0.4) is 0 Å². The second-order valence-corrected chi connectivity index (χ2v) is 24.4. The second kappa shape index (κ2) is 42.6. The quantitative estimate of drug-likeness (QED) is 0.0130. The summed E-state index contributed by atoms with van der Waals surface area (Å²) in [6.45, 7) is 3.23. The van der Waals surface area contributed by atoms with Gasteiger partial charge in [-0.1, -0.05) is 54.6 Å². The van der Waals surface area contributed by atoms with Crippen LogP contribution in [-0.2, 0) is 30.0 Å². The molecule has 6 heterocycles. The number of hydrogen-bond acceptors (Lipinski definition) is 22. The summed E-state index contributed by atoms with van der Waals surface area (Å²) in [6.07, 6.45) is 7.85. The number of aliphatic hydroxyl groups is 1.